The minimum atomic E-state index is 0.880. The minimum Gasteiger partial charge on any atom is -0.455 e. The Hall–Kier alpha value is -4.23. The van der Waals surface area contributed by atoms with Crippen LogP contribution in [0.25, 0.3) is 0 Å². The van der Waals surface area contributed by atoms with Gasteiger partial charge in [0.05, 0.1) is 43.9 Å². The summed E-state index contributed by atoms with van der Waals surface area (Å²) in [6.45, 7) is 0. The molecule has 0 bridgehead atoms. The third-order valence-electron chi connectivity index (χ3n) is 7.68. The number of para-hydroxylation sites is 4. The molecule has 0 radical (unpaired) electrons. The molecule has 6 aromatic rings. The van der Waals surface area contributed by atoms with Crippen molar-refractivity contribution in [3.63, 3.8) is 0 Å². The molecular weight excluding hydrogens is 573 g/mol. The molecule has 9 rings (SSSR count). The van der Waals surface area contributed by atoms with E-state index in [0.29, 0.717) is 0 Å². The van der Waals surface area contributed by atoms with Gasteiger partial charge in [0, 0.05) is 31.7 Å². The molecule has 0 aromatic heterocycles. The van der Waals surface area contributed by atoms with Gasteiger partial charge in [0.1, 0.15) is 11.5 Å². The summed E-state index contributed by atoms with van der Waals surface area (Å²) in [4.78, 5) is 11.9. The van der Waals surface area contributed by atoms with Crippen LogP contribution in [0, 0.1) is 0 Å². The smallest absolute Gasteiger partial charge is 0.143 e. The molecule has 3 aliphatic rings. The molecule has 0 atom stereocenters. The van der Waals surface area contributed by atoms with Crippen molar-refractivity contribution in [1.29, 1.82) is 0 Å². The van der Waals surface area contributed by atoms with Crippen molar-refractivity contribution in [3.8, 4) is 11.5 Å². The van der Waals surface area contributed by atoms with Crippen LogP contribution in [-0.2, 0) is 0 Å². The Balaban J connectivity index is 1.12. The number of anilines is 6. The van der Waals surface area contributed by atoms with Crippen molar-refractivity contribution >= 4 is 69.4 Å². The van der Waals surface area contributed by atoms with E-state index >= 15 is 0 Å². The first-order valence-corrected chi connectivity index (χ1v) is 16.2. The van der Waals surface area contributed by atoms with E-state index in [-0.39, 0.29) is 0 Å². The number of fused-ring (bicyclic) bond motifs is 6. The zero-order chi connectivity index (χ0) is 27.6. The average Bonchev–Trinajstić information content (AvgIpc) is 3.04. The quantitative estimate of drug-likeness (QED) is 0.196. The largest absolute Gasteiger partial charge is 0.455 e. The van der Waals surface area contributed by atoms with Crippen LogP contribution in [-0.4, -0.2) is 0 Å². The van der Waals surface area contributed by atoms with Gasteiger partial charge in [-0.2, -0.15) is 0 Å². The predicted octanol–water partition coefficient (Wildman–Crippen LogP) is 11.8. The molecule has 6 aromatic carbocycles. The van der Waals surface area contributed by atoms with E-state index in [9.17, 15) is 0 Å². The van der Waals surface area contributed by atoms with Gasteiger partial charge in [-0.05, 0) is 72.8 Å². The maximum atomic E-state index is 6.71. The first kappa shape index (κ1) is 24.4. The molecule has 3 heterocycles. The minimum absolute atomic E-state index is 0.880. The predicted molar refractivity (Wildman–Crippen MR) is 175 cm³/mol. The van der Waals surface area contributed by atoms with E-state index < -0.39 is 0 Å². The van der Waals surface area contributed by atoms with Gasteiger partial charge >= 0.3 is 0 Å². The van der Waals surface area contributed by atoms with Crippen LogP contribution >= 0.6 is 35.3 Å². The molecule has 0 fully saturated rings. The van der Waals surface area contributed by atoms with Crippen molar-refractivity contribution in [2.24, 2.45) is 0 Å². The summed E-state index contributed by atoms with van der Waals surface area (Å²) >= 11 is 5.41. The summed E-state index contributed by atoms with van der Waals surface area (Å²) in [5, 5.41) is 0. The number of nitrogens with zero attached hydrogens (tertiary/aromatic N) is 2. The molecule has 3 aliphatic heterocycles. The van der Waals surface area contributed by atoms with Crippen LogP contribution < -0.4 is 14.5 Å². The van der Waals surface area contributed by atoms with Gasteiger partial charge in [-0.25, -0.2) is 0 Å². The van der Waals surface area contributed by atoms with Crippen LogP contribution in [0.2, 0.25) is 0 Å². The van der Waals surface area contributed by atoms with Crippen LogP contribution in [0.4, 0.5) is 34.1 Å². The number of benzene rings is 6. The average molecular weight is 595 g/mol. The zero-order valence-electron chi connectivity index (χ0n) is 22.2. The maximum Gasteiger partial charge on any atom is 0.143 e. The van der Waals surface area contributed by atoms with E-state index in [2.05, 4.69) is 143 Å². The third kappa shape index (κ3) is 3.87. The van der Waals surface area contributed by atoms with Crippen molar-refractivity contribution < 1.29 is 4.74 Å². The Morgan fingerprint density at radius 1 is 0.357 bits per heavy atom. The van der Waals surface area contributed by atoms with Crippen LogP contribution in [0.15, 0.2) is 163 Å². The summed E-state index contributed by atoms with van der Waals surface area (Å²) in [5.41, 5.74) is 6.93. The van der Waals surface area contributed by atoms with Gasteiger partial charge in [0.2, 0.25) is 0 Å². The summed E-state index contributed by atoms with van der Waals surface area (Å²) < 4.78 is 6.71. The fourth-order valence-electron chi connectivity index (χ4n) is 5.80. The Bertz CT molecular complexity index is 1810. The molecule has 6 heteroatoms. The Labute approximate surface area is 257 Å². The molecular formula is C36H22N2OS3. The molecule has 0 N–H and O–H groups in total. The van der Waals surface area contributed by atoms with Crippen molar-refractivity contribution in [3.05, 3.63) is 133 Å². The number of rotatable bonds is 2. The SMILES string of the molecule is c1ccc2c(c1)Sc1ccccc1N2c1ccc2c(c1)Oc1cc(N3c4ccccc4Sc4ccccc43)ccc1S2. The lowest BCUT2D eigenvalue weighted by Gasteiger charge is -2.34. The standard InChI is InChI=1S/C36H22N2OS3/c1-5-13-31-25(9-1)37(26-10-2-6-14-32(26)40-31)23-17-19-35-29(21-23)39-30-22-24(18-20-36(30)42-35)38-27-11-3-7-15-33(27)41-34-16-8-4-12-28(34)38/h1-22H. The highest BCUT2D eigenvalue weighted by atomic mass is 32.2. The second kappa shape index (κ2) is 9.66. The molecule has 0 saturated heterocycles. The highest BCUT2D eigenvalue weighted by Crippen LogP contribution is 2.56. The van der Waals surface area contributed by atoms with E-state index in [0.717, 1.165) is 32.7 Å². The van der Waals surface area contributed by atoms with Crippen LogP contribution in [0.3, 0.4) is 0 Å². The fraction of sp³-hybridized carbons (Fsp3) is 0. The van der Waals surface area contributed by atoms with Crippen molar-refractivity contribution in [1.82, 2.24) is 0 Å². The van der Waals surface area contributed by atoms with Crippen molar-refractivity contribution in [2.75, 3.05) is 9.80 Å². The lowest BCUT2D eigenvalue weighted by Crippen LogP contribution is -2.15. The Kier molecular flexibility index (Phi) is 5.61. The van der Waals surface area contributed by atoms with Crippen molar-refractivity contribution in [2.45, 2.75) is 29.4 Å². The second-order valence-electron chi connectivity index (χ2n) is 10.2. The molecule has 0 unspecified atom stereocenters. The summed E-state index contributed by atoms with van der Waals surface area (Å²) in [6, 6.07) is 47.6. The molecule has 0 amide bonds. The van der Waals surface area contributed by atoms with Gasteiger partial charge in [-0.1, -0.05) is 83.8 Å². The first-order chi connectivity index (χ1) is 20.8. The van der Waals surface area contributed by atoms with E-state index in [1.165, 1.54) is 42.3 Å². The Morgan fingerprint density at radius 2 is 0.690 bits per heavy atom. The lowest BCUT2D eigenvalue weighted by molar-refractivity contribution is 0.455. The summed E-state index contributed by atoms with van der Waals surface area (Å²) in [5.74, 6) is 1.76. The first-order valence-electron chi connectivity index (χ1n) is 13.8. The van der Waals surface area contributed by atoms with E-state index in [4.69, 9.17) is 4.74 Å². The van der Waals surface area contributed by atoms with Gasteiger partial charge in [0.15, 0.2) is 0 Å². The summed E-state index contributed by atoms with van der Waals surface area (Å²) in [6.07, 6.45) is 0. The monoisotopic (exact) mass is 594 g/mol. The second-order valence-corrected chi connectivity index (χ2v) is 13.5. The lowest BCUT2D eigenvalue weighted by atomic mass is 10.1. The van der Waals surface area contributed by atoms with Gasteiger partial charge in [-0.3, -0.25) is 0 Å². The number of ether oxygens (including phenoxy) is 1. The van der Waals surface area contributed by atoms with Gasteiger partial charge < -0.3 is 14.5 Å². The normalized spacial score (nSPS) is 14.0. The molecule has 42 heavy (non-hydrogen) atoms. The zero-order valence-corrected chi connectivity index (χ0v) is 24.7. The maximum absolute atomic E-state index is 6.71. The molecule has 0 aliphatic carbocycles. The van der Waals surface area contributed by atoms with Crippen LogP contribution in [0.1, 0.15) is 0 Å². The molecule has 0 spiro atoms. The highest BCUT2D eigenvalue weighted by molar-refractivity contribution is 8.00. The van der Waals surface area contributed by atoms with Crippen LogP contribution in [0.5, 0.6) is 11.5 Å². The molecule has 0 saturated carbocycles. The number of hydrogen-bond acceptors (Lipinski definition) is 6. The summed E-state index contributed by atoms with van der Waals surface area (Å²) in [7, 11) is 0. The van der Waals surface area contributed by atoms with E-state index in [1.54, 1.807) is 11.8 Å². The molecule has 200 valence electrons. The van der Waals surface area contributed by atoms with E-state index in [1.807, 2.05) is 23.5 Å². The van der Waals surface area contributed by atoms with Gasteiger partial charge in [-0.15, -0.1) is 0 Å². The fourth-order valence-corrected chi connectivity index (χ4v) is 8.83. The topological polar surface area (TPSA) is 15.7 Å². The molecule has 3 nitrogen and oxygen atoms in total. The highest BCUT2D eigenvalue weighted by Gasteiger charge is 2.28. The number of hydrogen-bond donors (Lipinski definition) is 0. The van der Waals surface area contributed by atoms with Gasteiger partial charge in [0.25, 0.3) is 0 Å². The Morgan fingerprint density at radius 3 is 1.07 bits per heavy atom. The third-order valence-corrected chi connectivity index (χ3v) is 11.1.